The number of hydrogen-bond acceptors (Lipinski definition) is 6. The van der Waals surface area contributed by atoms with Gasteiger partial charge in [0.15, 0.2) is 5.82 Å². The molecule has 0 amide bonds. The van der Waals surface area contributed by atoms with E-state index >= 15 is 0 Å². The first-order chi connectivity index (χ1) is 13.2. The molecule has 1 aromatic carbocycles. The molecule has 27 heavy (non-hydrogen) atoms. The highest BCUT2D eigenvalue weighted by atomic mass is 16.5. The van der Waals surface area contributed by atoms with Gasteiger partial charge in [-0.1, -0.05) is 18.2 Å². The summed E-state index contributed by atoms with van der Waals surface area (Å²) >= 11 is 0. The fourth-order valence-electron chi connectivity index (χ4n) is 3.52. The number of rotatable bonds is 3. The summed E-state index contributed by atoms with van der Waals surface area (Å²) in [6.45, 7) is 2.51. The van der Waals surface area contributed by atoms with Crippen molar-refractivity contribution in [1.82, 2.24) is 19.5 Å². The molecule has 0 aliphatic carbocycles. The molecule has 4 heterocycles. The molecule has 5 rings (SSSR count). The zero-order valence-electron chi connectivity index (χ0n) is 14.7. The van der Waals surface area contributed by atoms with Gasteiger partial charge < -0.3 is 19.8 Å². The van der Waals surface area contributed by atoms with Crippen molar-refractivity contribution in [3.8, 4) is 17.3 Å². The number of ether oxygens (including phenoxy) is 2. The van der Waals surface area contributed by atoms with E-state index in [2.05, 4.69) is 15.0 Å². The molecule has 4 aromatic rings. The Labute approximate surface area is 155 Å². The average molecular weight is 359 g/mol. The molecule has 3 aromatic heterocycles. The number of aromatic nitrogens is 4. The number of pyridine rings is 1. The third-order valence-corrected chi connectivity index (χ3v) is 4.73. The molecule has 0 radical (unpaired) electrons. The summed E-state index contributed by atoms with van der Waals surface area (Å²) in [5.41, 5.74) is 10.7. The lowest BCUT2D eigenvalue weighted by atomic mass is 10.1. The number of hydrogen-bond donors (Lipinski definition) is 1. The highest BCUT2D eigenvalue weighted by Crippen LogP contribution is 2.40. The molecule has 2 N–H and O–H groups in total. The average Bonchev–Trinajstić information content (AvgIpc) is 3.22. The number of nitrogens with two attached hydrogens (primary N) is 1. The maximum atomic E-state index is 6.18. The smallest absolute Gasteiger partial charge is 0.219 e. The number of nitrogens with zero attached hydrogens (tertiary/aromatic N) is 4. The lowest BCUT2D eigenvalue weighted by Crippen LogP contribution is -2.03. The summed E-state index contributed by atoms with van der Waals surface area (Å²) in [5, 5.41) is 0. The summed E-state index contributed by atoms with van der Waals surface area (Å²) in [6, 6.07) is 13.3. The summed E-state index contributed by atoms with van der Waals surface area (Å²) in [4.78, 5) is 13.1. The number of nitrogen functional groups attached to an aromatic ring is 1. The molecule has 0 fully saturated rings. The normalized spacial score (nSPS) is 15.8. The Hall–Kier alpha value is -3.45. The summed E-state index contributed by atoms with van der Waals surface area (Å²) < 4.78 is 13.6. The van der Waals surface area contributed by atoms with E-state index in [1.165, 1.54) is 6.33 Å². The molecule has 0 spiro atoms. The van der Waals surface area contributed by atoms with E-state index in [-0.39, 0.29) is 6.10 Å². The number of fused-ring (bicyclic) bond motifs is 3. The monoisotopic (exact) mass is 359 g/mol. The topological polar surface area (TPSA) is 88.1 Å². The van der Waals surface area contributed by atoms with Gasteiger partial charge in [0.25, 0.3) is 0 Å². The minimum atomic E-state index is -0.0355. The van der Waals surface area contributed by atoms with Crippen LogP contribution in [-0.4, -0.2) is 19.5 Å². The van der Waals surface area contributed by atoms with E-state index in [9.17, 15) is 0 Å². The van der Waals surface area contributed by atoms with Gasteiger partial charge in [-0.05, 0) is 25.1 Å². The van der Waals surface area contributed by atoms with Crippen LogP contribution in [-0.2, 0) is 11.3 Å². The Morgan fingerprint density at radius 3 is 2.74 bits per heavy atom. The quantitative estimate of drug-likeness (QED) is 0.599. The third kappa shape index (κ3) is 2.51. The Bertz CT molecular complexity index is 1120. The predicted octanol–water partition coefficient (Wildman–Crippen LogP) is 3.78. The second kappa shape index (κ2) is 6.07. The van der Waals surface area contributed by atoms with Crippen molar-refractivity contribution in [1.29, 1.82) is 0 Å². The number of benzene rings is 1. The second-order valence-corrected chi connectivity index (χ2v) is 6.37. The molecule has 0 saturated carbocycles. The lowest BCUT2D eigenvalue weighted by molar-refractivity contribution is 0.0783. The highest BCUT2D eigenvalue weighted by molar-refractivity contribution is 5.91. The van der Waals surface area contributed by atoms with Gasteiger partial charge in [-0.15, -0.1) is 0 Å². The van der Waals surface area contributed by atoms with Gasteiger partial charge in [0.05, 0.1) is 30.3 Å². The third-order valence-electron chi connectivity index (χ3n) is 4.73. The molecular formula is C20H17N5O2. The number of para-hydroxylation sites is 1. The van der Waals surface area contributed by atoms with Crippen LogP contribution in [0, 0.1) is 0 Å². The largest absolute Gasteiger partial charge is 0.439 e. The molecule has 134 valence electrons. The van der Waals surface area contributed by atoms with Crippen LogP contribution in [0.1, 0.15) is 24.3 Å². The van der Waals surface area contributed by atoms with E-state index in [4.69, 9.17) is 15.2 Å². The van der Waals surface area contributed by atoms with Crippen LogP contribution in [0.5, 0.6) is 11.6 Å². The van der Waals surface area contributed by atoms with Crippen LogP contribution >= 0.6 is 0 Å². The zero-order chi connectivity index (χ0) is 18.4. The first-order valence-corrected chi connectivity index (χ1v) is 8.67. The van der Waals surface area contributed by atoms with Crippen LogP contribution in [0.4, 0.5) is 5.82 Å². The van der Waals surface area contributed by atoms with Crippen LogP contribution in [0.3, 0.4) is 0 Å². The maximum absolute atomic E-state index is 6.18. The SMILES string of the molecule is CC1OCc2c1c1ncnc(N)c1n2-c1ccc(Oc2ccccc2)nc1. The van der Waals surface area contributed by atoms with Crippen molar-refractivity contribution in [2.45, 2.75) is 19.6 Å². The molecule has 1 aliphatic heterocycles. The molecule has 1 atom stereocenters. The van der Waals surface area contributed by atoms with Crippen molar-refractivity contribution in [2.75, 3.05) is 5.73 Å². The Balaban J connectivity index is 1.60. The zero-order valence-corrected chi connectivity index (χ0v) is 14.7. The molecule has 1 aliphatic rings. The minimum absolute atomic E-state index is 0.0355. The van der Waals surface area contributed by atoms with Gasteiger partial charge in [-0.25, -0.2) is 15.0 Å². The lowest BCUT2D eigenvalue weighted by Gasteiger charge is -2.11. The van der Waals surface area contributed by atoms with E-state index in [0.717, 1.165) is 33.7 Å². The summed E-state index contributed by atoms with van der Waals surface area (Å²) in [5.74, 6) is 1.70. The second-order valence-electron chi connectivity index (χ2n) is 6.37. The Kier molecular flexibility index (Phi) is 3.54. The van der Waals surface area contributed by atoms with Crippen molar-refractivity contribution < 1.29 is 9.47 Å². The predicted molar refractivity (Wildman–Crippen MR) is 101 cm³/mol. The van der Waals surface area contributed by atoms with Gasteiger partial charge in [0.1, 0.15) is 23.1 Å². The van der Waals surface area contributed by atoms with Gasteiger partial charge >= 0.3 is 0 Å². The highest BCUT2D eigenvalue weighted by Gasteiger charge is 2.30. The maximum Gasteiger partial charge on any atom is 0.219 e. The number of anilines is 1. The molecule has 0 saturated heterocycles. The summed E-state index contributed by atoms with van der Waals surface area (Å²) in [6.07, 6.45) is 3.21. The first-order valence-electron chi connectivity index (χ1n) is 8.67. The van der Waals surface area contributed by atoms with Crippen LogP contribution in [0.2, 0.25) is 0 Å². The van der Waals surface area contributed by atoms with E-state index in [1.54, 1.807) is 6.20 Å². The van der Waals surface area contributed by atoms with Crippen LogP contribution in [0.25, 0.3) is 16.7 Å². The van der Waals surface area contributed by atoms with E-state index < -0.39 is 0 Å². The van der Waals surface area contributed by atoms with Crippen LogP contribution in [0.15, 0.2) is 55.0 Å². The van der Waals surface area contributed by atoms with E-state index in [0.29, 0.717) is 18.3 Å². The standard InChI is InChI=1S/C20H17N5O2/c1-12-17-15(10-26-12)25(19-18(17)23-11-24-20(19)21)13-7-8-16(22-9-13)27-14-5-3-2-4-6-14/h2-9,11-12H,10H2,1H3,(H2,21,23,24). The van der Waals surface area contributed by atoms with Gasteiger partial charge in [0.2, 0.25) is 5.88 Å². The molecule has 1 unspecified atom stereocenters. The minimum Gasteiger partial charge on any atom is -0.439 e. The van der Waals surface area contributed by atoms with Gasteiger partial charge in [0, 0.05) is 11.6 Å². The van der Waals surface area contributed by atoms with Crippen molar-refractivity contribution in [3.05, 3.63) is 66.2 Å². The van der Waals surface area contributed by atoms with Crippen molar-refractivity contribution >= 4 is 16.9 Å². The molecule has 0 bridgehead atoms. The van der Waals surface area contributed by atoms with Crippen molar-refractivity contribution in [3.63, 3.8) is 0 Å². The van der Waals surface area contributed by atoms with Crippen LogP contribution < -0.4 is 10.5 Å². The van der Waals surface area contributed by atoms with E-state index in [1.807, 2.05) is 54.0 Å². The Morgan fingerprint density at radius 2 is 1.96 bits per heavy atom. The fraction of sp³-hybridized carbons (Fsp3) is 0.150. The first kappa shape index (κ1) is 15.8. The van der Waals surface area contributed by atoms with Crippen molar-refractivity contribution in [2.24, 2.45) is 0 Å². The Morgan fingerprint density at radius 1 is 1.11 bits per heavy atom. The van der Waals surface area contributed by atoms with Gasteiger partial charge in [-0.2, -0.15) is 0 Å². The summed E-state index contributed by atoms with van der Waals surface area (Å²) in [7, 11) is 0. The van der Waals surface area contributed by atoms with Gasteiger partial charge in [-0.3, -0.25) is 0 Å². The molecular weight excluding hydrogens is 342 g/mol. The molecule has 7 heteroatoms. The molecule has 7 nitrogen and oxygen atoms in total. The fourth-order valence-corrected chi connectivity index (χ4v) is 3.52.